The van der Waals surface area contributed by atoms with E-state index in [0.717, 1.165) is 11.3 Å². The maximum atomic E-state index is 13.3. The first kappa shape index (κ1) is 21.9. The molecule has 7 nitrogen and oxygen atoms in total. The van der Waals surface area contributed by atoms with E-state index in [0.29, 0.717) is 26.5 Å². The number of amides is 2. The van der Waals surface area contributed by atoms with Crippen LogP contribution in [0.25, 0.3) is 0 Å². The molecular weight excluding hydrogens is 427 g/mol. The average molecular weight is 449 g/mol. The van der Waals surface area contributed by atoms with E-state index in [4.69, 9.17) is 4.74 Å². The van der Waals surface area contributed by atoms with Gasteiger partial charge in [0.05, 0.1) is 11.1 Å². The monoisotopic (exact) mass is 448 g/mol. The van der Waals surface area contributed by atoms with Crippen molar-refractivity contribution < 1.29 is 18.1 Å². The number of carbonyl (C=O) groups excluding carboxylic acids is 1. The Hall–Kier alpha value is -2.82. The quantitative estimate of drug-likeness (QED) is 0.546. The smallest absolute Gasteiger partial charge is 0.327 e. The Morgan fingerprint density at radius 2 is 2.00 bits per heavy atom. The number of anilines is 2. The zero-order valence-electron chi connectivity index (χ0n) is 16.6. The first-order valence-corrected chi connectivity index (χ1v) is 11.0. The number of halogens is 1. The molecule has 1 heterocycles. The summed E-state index contributed by atoms with van der Waals surface area (Å²) >= 11 is 1.12. The molecular formula is C20H21FN4O3S2. The second-order valence-corrected chi connectivity index (χ2v) is 8.81. The number of urea groups is 1. The molecule has 0 aliphatic rings. The molecule has 0 bridgehead atoms. The molecule has 30 heavy (non-hydrogen) atoms. The van der Waals surface area contributed by atoms with Crippen LogP contribution in [0, 0.1) is 5.82 Å². The van der Waals surface area contributed by atoms with E-state index in [1.54, 1.807) is 43.4 Å². The summed E-state index contributed by atoms with van der Waals surface area (Å²) in [6.07, 6.45) is 1.45. The van der Waals surface area contributed by atoms with Crippen molar-refractivity contribution in [1.29, 1.82) is 0 Å². The fraction of sp³-hybridized carbons (Fsp3) is 0.200. The van der Waals surface area contributed by atoms with Gasteiger partial charge in [0.1, 0.15) is 22.6 Å². The van der Waals surface area contributed by atoms with Gasteiger partial charge in [-0.25, -0.2) is 23.1 Å². The highest BCUT2D eigenvalue weighted by Gasteiger charge is 2.15. The largest absolute Gasteiger partial charge is 0.445 e. The van der Waals surface area contributed by atoms with Crippen LogP contribution in [-0.4, -0.2) is 28.3 Å². The second-order valence-electron chi connectivity index (χ2n) is 6.57. The van der Waals surface area contributed by atoms with Gasteiger partial charge >= 0.3 is 6.03 Å². The third-order valence-corrected chi connectivity index (χ3v) is 5.94. The van der Waals surface area contributed by atoms with Crippen molar-refractivity contribution in [2.75, 3.05) is 17.3 Å². The van der Waals surface area contributed by atoms with Crippen LogP contribution in [-0.2, 0) is 11.0 Å². The zero-order chi connectivity index (χ0) is 21.7. The zero-order valence-corrected chi connectivity index (χ0v) is 18.2. The molecule has 0 fully saturated rings. The lowest BCUT2D eigenvalue weighted by atomic mass is 10.3. The SMILES string of the molecule is CC(C)NS(=O)c1cccc(N(C)C(=O)Nc2ncc(Oc3cccc(F)c3)s2)c1. The lowest BCUT2D eigenvalue weighted by molar-refractivity contribution is 0.258. The van der Waals surface area contributed by atoms with Gasteiger partial charge in [-0.15, -0.1) is 0 Å². The molecule has 3 rings (SSSR count). The van der Waals surface area contributed by atoms with Crippen molar-refractivity contribution in [3.63, 3.8) is 0 Å². The Labute approximate surface area is 180 Å². The number of carbonyl (C=O) groups is 1. The summed E-state index contributed by atoms with van der Waals surface area (Å²) in [4.78, 5) is 18.7. The van der Waals surface area contributed by atoms with Crippen LogP contribution in [0.3, 0.4) is 0 Å². The molecule has 2 N–H and O–H groups in total. The molecule has 1 unspecified atom stereocenters. The summed E-state index contributed by atoms with van der Waals surface area (Å²) < 4.78 is 34.0. The predicted molar refractivity (Wildman–Crippen MR) is 117 cm³/mol. The van der Waals surface area contributed by atoms with Crippen LogP contribution in [0.4, 0.5) is 20.0 Å². The third-order valence-electron chi connectivity index (χ3n) is 3.78. The number of aromatic nitrogens is 1. The summed E-state index contributed by atoms with van der Waals surface area (Å²) in [6.45, 7) is 3.81. The van der Waals surface area contributed by atoms with Gasteiger partial charge in [-0.05, 0) is 44.2 Å². The van der Waals surface area contributed by atoms with E-state index in [1.807, 2.05) is 13.8 Å². The third kappa shape index (κ3) is 5.85. The first-order chi connectivity index (χ1) is 14.3. The minimum absolute atomic E-state index is 0.0595. The number of rotatable bonds is 7. The molecule has 2 aromatic carbocycles. The fourth-order valence-electron chi connectivity index (χ4n) is 2.39. The lowest BCUT2D eigenvalue weighted by Crippen LogP contribution is -2.31. The van der Waals surface area contributed by atoms with Crippen LogP contribution in [0.5, 0.6) is 10.8 Å². The van der Waals surface area contributed by atoms with Gasteiger partial charge in [0.25, 0.3) is 0 Å². The van der Waals surface area contributed by atoms with Crippen LogP contribution in [0.2, 0.25) is 0 Å². The molecule has 158 valence electrons. The fourth-order valence-corrected chi connectivity index (χ4v) is 4.06. The summed E-state index contributed by atoms with van der Waals surface area (Å²) in [5.41, 5.74) is 0.580. The summed E-state index contributed by atoms with van der Waals surface area (Å²) in [6, 6.07) is 12.3. The molecule has 1 aromatic heterocycles. The van der Waals surface area contributed by atoms with Gasteiger partial charge < -0.3 is 4.74 Å². The van der Waals surface area contributed by atoms with E-state index in [2.05, 4.69) is 15.0 Å². The Morgan fingerprint density at radius 1 is 1.23 bits per heavy atom. The van der Waals surface area contributed by atoms with Crippen molar-refractivity contribution in [3.05, 3.63) is 60.5 Å². The predicted octanol–water partition coefficient (Wildman–Crippen LogP) is 4.76. The van der Waals surface area contributed by atoms with E-state index in [-0.39, 0.29) is 6.04 Å². The molecule has 2 amide bonds. The molecule has 10 heteroatoms. The van der Waals surface area contributed by atoms with E-state index >= 15 is 0 Å². The molecule has 0 saturated carbocycles. The van der Waals surface area contributed by atoms with Crippen molar-refractivity contribution >= 4 is 39.2 Å². The standard InChI is InChI=1S/C20H21FN4O3S2/c1-13(2)24-30(27)17-9-5-7-15(11-17)25(3)20(26)23-19-22-12-18(29-19)28-16-8-4-6-14(21)10-16/h4-13,24H,1-3H3,(H,22,23,26). The van der Waals surface area contributed by atoms with Crippen molar-refractivity contribution in [3.8, 4) is 10.8 Å². The Kier molecular flexibility index (Phi) is 7.14. The number of hydrogen-bond acceptors (Lipinski definition) is 5. The Morgan fingerprint density at radius 3 is 2.73 bits per heavy atom. The topological polar surface area (TPSA) is 83.6 Å². The van der Waals surface area contributed by atoms with Gasteiger partial charge in [0, 0.05) is 24.8 Å². The van der Waals surface area contributed by atoms with Gasteiger partial charge in [-0.1, -0.05) is 23.5 Å². The normalized spacial score (nSPS) is 11.9. The van der Waals surface area contributed by atoms with Crippen LogP contribution >= 0.6 is 11.3 Å². The number of benzene rings is 2. The average Bonchev–Trinajstić information content (AvgIpc) is 3.13. The van der Waals surface area contributed by atoms with Crippen LogP contribution in [0.15, 0.2) is 59.6 Å². The minimum Gasteiger partial charge on any atom is -0.445 e. The van der Waals surface area contributed by atoms with Crippen molar-refractivity contribution in [2.45, 2.75) is 24.8 Å². The van der Waals surface area contributed by atoms with E-state index < -0.39 is 22.8 Å². The highest BCUT2D eigenvalue weighted by Crippen LogP contribution is 2.30. The highest BCUT2D eigenvalue weighted by molar-refractivity contribution is 7.83. The van der Waals surface area contributed by atoms with Crippen molar-refractivity contribution in [1.82, 2.24) is 9.71 Å². The molecule has 0 aliphatic carbocycles. The van der Waals surface area contributed by atoms with Crippen molar-refractivity contribution in [2.24, 2.45) is 0 Å². The summed E-state index contributed by atoms with van der Waals surface area (Å²) in [7, 11) is 0.231. The maximum Gasteiger partial charge on any atom is 0.327 e. The Balaban J connectivity index is 1.65. The lowest BCUT2D eigenvalue weighted by Gasteiger charge is -2.18. The summed E-state index contributed by atoms with van der Waals surface area (Å²) in [5.74, 6) is -0.0626. The van der Waals surface area contributed by atoms with Gasteiger partial charge in [-0.2, -0.15) is 0 Å². The number of nitrogens with one attached hydrogen (secondary N) is 2. The molecule has 0 spiro atoms. The van der Waals surface area contributed by atoms with Gasteiger partial charge in [0.15, 0.2) is 5.13 Å². The van der Waals surface area contributed by atoms with Gasteiger partial charge in [0.2, 0.25) is 5.06 Å². The summed E-state index contributed by atoms with van der Waals surface area (Å²) in [5, 5.41) is 3.43. The van der Waals surface area contributed by atoms with Crippen LogP contribution in [0.1, 0.15) is 13.8 Å². The Bertz CT molecular complexity index is 1060. The molecule has 0 aliphatic heterocycles. The van der Waals surface area contributed by atoms with E-state index in [9.17, 15) is 13.4 Å². The maximum absolute atomic E-state index is 13.3. The first-order valence-electron chi connectivity index (χ1n) is 9.04. The molecule has 0 radical (unpaired) electrons. The highest BCUT2D eigenvalue weighted by atomic mass is 32.2. The number of ether oxygens (including phenoxy) is 1. The number of nitrogens with zero attached hydrogens (tertiary/aromatic N) is 2. The molecule has 3 aromatic rings. The number of hydrogen-bond donors (Lipinski definition) is 2. The van der Waals surface area contributed by atoms with E-state index in [1.165, 1.54) is 23.2 Å². The minimum atomic E-state index is -1.37. The second kappa shape index (κ2) is 9.79. The molecule has 1 atom stereocenters. The number of thiazole rings is 1. The van der Waals surface area contributed by atoms with Crippen LogP contribution < -0.4 is 19.7 Å². The van der Waals surface area contributed by atoms with Gasteiger partial charge in [-0.3, -0.25) is 10.2 Å². The molecule has 0 saturated heterocycles.